The molecule has 0 fully saturated rings. The van der Waals surface area contributed by atoms with E-state index >= 15 is 0 Å². The first-order valence-corrected chi connectivity index (χ1v) is 9.68. The fourth-order valence-corrected chi connectivity index (χ4v) is 3.16. The van der Waals surface area contributed by atoms with Gasteiger partial charge in [-0.05, 0) is 42.0 Å². The second kappa shape index (κ2) is 9.02. The highest BCUT2D eigenvalue weighted by molar-refractivity contribution is 5.91. The molecule has 0 bridgehead atoms. The number of nitrogens with one attached hydrogen (secondary N) is 1. The lowest BCUT2D eigenvalue weighted by Crippen LogP contribution is -1.98. The monoisotopic (exact) mass is 426 g/mol. The van der Waals surface area contributed by atoms with Crippen LogP contribution in [0.4, 0.5) is 5.69 Å². The van der Waals surface area contributed by atoms with Crippen molar-refractivity contribution >= 4 is 28.4 Å². The maximum atomic E-state index is 10.8. The molecule has 8 nitrogen and oxygen atoms in total. The predicted molar refractivity (Wildman–Crippen MR) is 120 cm³/mol. The minimum Gasteiger partial charge on any atom is -0.497 e. The summed E-state index contributed by atoms with van der Waals surface area (Å²) in [6, 6.07) is 21.2. The summed E-state index contributed by atoms with van der Waals surface area (Å²) >= 11 is 0. The Bertz CT molecular complexity index is 1350. The Hall–Kier alpha value is -4.64. The highest BCUT2D eigenvalue weighted by Gasteiger charge is 2.11. The smallest absolute Gasteiger partial charge is 0.269 e. The number of nitro benzene ring substituents is 1. The Morgan fingerprint density at radius 3 is 2.69 bits per heavy atom. The van der Waals surface area contributed by atoms with E-state index in [9.17, 15) is 15.4 Å². The first kappa shape index (κ1) is 20.6. The van der Waals surface area contributed by atoms with Crippen molar-refractivity contribution in [3.05, 3.63) is 93.8 Å². The highest BCUT2D eigenvalue weighted by atomic mass is 16.6. The number of fused-ring (bicyclic) bond motifs is 1. The van der Waals surface area contributed by atoms with Gasteiger partial charge in [-0.1, -0.05) is 18.2 Å². The predicted octanol–water partition coefficient (Wildman–Crippen LogP) is 5.12. The van der Waals surface area contributed by atoms with Crippen molar-refractivity contribution in [3.63, 3.8) is 0 Å². The molecule has 0 aliphatic rings. The number of H-pyrrole nitrogens is 1. The number of nitriles is 1. The number of methoxy groups -OCH3 is 1. The van der Waals surface area contributed by atoms with Gasteiger partial charge in [0.2, 0.25) is 0 Å². The first-order valence-electron chi connectivity index (χ1n) is 9.68. The quantitative estimate of drug-likeness (QED) is 0.249. The average molecular weight is 426 g/mol. The molecule has 0 radical (unpaired) electrons. The lowest BCUT2D eigenvalue weighted by Gasteiger charge is -2.09. The van der Waals surface area contributed by atoms with Gasteiger partial charge in [-0.25, -0.2) is 4.98 Å². The molecule has 0 aliphatic carbocycles. The van der Waals surface area contributed by atoms with Crippen LogP contribution in [0.1, 0.15) is 17.0 Å². The van der Waals surface area contributed by atoms with Gasteiger partial charge >= 0.3 is 0 Å². The molecule has 0 amide bonds. The zero-order valence-electron chi connectivity index (χ0n) is 17.1. The van der Waals surface area contributed by atoms with E-state index in [2.05, 4.69) is 16.0 Å². The molecule has 4 rings (SSSR count). The SMILES string of the molecule is COc1ccc2nc(/C(C#N)=C\c3ccccc3OCc3ccc([N+](=O)[O-])cc3)[nH]c2c1. The summed E-state index contributed by atoms with van der Waals surface area (Å²) in [5.74, 6) is 1.72. The molecule has 158 valence electrons. The molecular formula is C24H18N4O4. The second-order valence-electron chi connectivity index (χ2n) is 6.89. The van der Waals surface area contributed by atoms with Gasteiger partial charge in [0.15, 0.2) is 0 Å². The van der Waals surface area contributed by atoms with Gasteiger partial charge < -0.3 is 14.5 Å². The maximum Gasteiger partial charge on any atom is 0.269 e. The van der Waals surface area contributed by atoms with Gasteiger partial charge in [0.25, 0.3) is 5.69 Å². The zero-order valence-corrected chi connectivity index (χ0v) is 17.1. The molecule has 3 aromatic carbocycles. The molecule has 4 aromatic rings. The van der Waals surface area contributed by atoms with Crippen LogP contribution in [0.15, 0.2) is 66.7 Å². The lowest BCUT2D eigenvalue weighted by molar-refractivity contribution is -0.384. The van der Waals surface area contributed by atoms with Crippen LogP contribution in [0.5, 0.6) is 11.5 Å². The minimum atomic E-state index is -0.442. The Kier molecular flexibility index (Phi) is 5.81. The number of ether oxygens (including phenoxy) is 2. The Balaban J connectivity index is 1.59. The summed E-state index contributed by atoms with van der Waals surface area (Å²) in [7, 11) is 1.59. The second-order valence-corrected chi connectivity index (χ2v) is 6.89. The fraction of sp³-hybridized carbons (Fsp3) is 0.0833. The largest absolute Gasteiger partial charge is 0.497 e. The number of rotatable bonds is 7. The summed E-state index contributed by atoms with van der Waals surface area (Å²) in [5.41, 5.74) is 3.38. The molecule has 0 aliphatic heterocycles. The molecule has 8 heteroatoms. The van der Waals surface area contributed by atoms with Crippen molar-refractivity contribution < 1.29 is 14.4 Å². The molecule has 1 aromatic heterocycles. The number of nitro groups is 1. The van der Waals surface area contributed by atoms with E-state index in [4.69, 9.17) is 9.47 Å². The van der Waals surface area contributed by atoms with Gasteiger partial charge in [-0.15, -0.1) is 0 Å². The van der Waals surface area contributed by atoms with Crippen molar-refractivity contribution in [1.29, 1.82) is 5.26 Å². The Morgan fingerprint density at radius 1 is 1.19 bits per heavy atom. The fourth-order valence-electron chi connectivity index (χ4n) is 3.16. The van der Waals surface area contributed by atoms with E-state index in [0.717, 1.165) is 16.6 Å². The average Bonchev–Trinajstić information content (AvgIpc) is 3.25. The van der Waals surface area contributed by atoms with Crippen LogP contribution < -0.4 is 9.47 Å². The van der Waals surface area contributed by atoms with Gasteiger partial charge in [-0.3, -0.25) is 10.1 Å². The van der Waals surface area contributed by atoms with Crippen molar-refractivity contribution in [2.75, 3.05) is 7.11 Å². The number of hydrogen-bond donors (Lipinski definition) is 1. The summed E-state index contributed by atoms with van der Waals surface area (Å²) < 4.78 is 11.2. The normalized spacial score (nSPS) is 11.2. The van der Waals surface area contributed by atoms with E-state index in [1.54, 1.807) is 31.4 Å². The van der Waals surface area contributed by atoms with E-state index in [0.29, 0.717) is 28.5 Å². The van der Waals surface area contributed by atoms with Crippen molar-refractivity contribution in [1.82, 2.24) is 9.97 Å². The summed E-state index contributed by atoms with van der Waals surface area (Å²) in [6.07, 6.45) is 1.71. The minimum absolute atomic E-state index is 0.0270. The Morgan fingerprint density at radius 2 is 1.97 bits per heavy atom. The number of benzene rings is 3. The van der Waals surface area contributed by atoms with Crippen molar-refractivity contribution in [3.8, 4) is 17.6 Å². The topological polar surface area (TPSA) is 114 Å². The van der Waals surface area contributed by atoms with Crippen LogP contribution in [0, 0.1) is 21.4 Å². The first-order chi connectivity index (χ1) is 15.6. The summed E-state index contributed by atoms with van der Waals surface area (Å²) in [4.78, 5) is 18.0. The van der Waals surface area contributed by atoms with Crippen LogP contribution in [0.2, 0.25) is 0 Å². The molecule has 1 N–H and O–H groups in total. The van der Waals surface area contributed by atoms with Gasteiger partial charge in [0, 0.05) is 23.8 Å². The van der Waals surface area contributed by atoms with Gasteiger partial charge in [0.05, 0.1) is 28.6 Å². The highest BCUT2D eigenvalue weighted by Crippen LogP contribution is 2.27. The van der Waals surface area contributed by atoms with E-state index in [-0.39, 0.29) is 12.3 Å². The standard InChI is InChI=1S/C24H18N4O4/c1-31-20-10-11-21-22(13-20)27-24(26-21)18(14-25)12-17-4-2-3-5-23(17)32-15-16-6-8-19(9-7-16)28(29)30/h2-13H,15H2,1H3,(H,26,27)/b18-12-. The van der Waals surface area contributed by atoms with Crippen molar-refractivity contribution in [2.45, 2.75) is 6.61 Å². The Labute approximate surface area is 183 Å². The zero-order chi connectivity index (χ0) is 22.5. The lowest BCUT2D eigenvalue weighted by atomic mass is 10.1. The van der Waals surface area contributed by atoms with Crippen LogP contribution in [-0.2, 0) is 6.61 Å². The van der Waals surface area contributed by atoms with Crippen LogP contribution in [0.3, 0.4) is 0 Å². The third-order valence-electron chi connectivity index (χ3n) is 4.82. The molecule has 0 atom stereocenters. The summed E-state index contributed by atoms with van der Waals surface area (Å²) in [6.45, 7) is 0.231. The van der Waals surface area contributed by atoms with Gasteiger partial charge in [0.1, 0.15) is 30.0 Å². The molecule has 1 heterocycles. The van der Waals surface area contributed by atoms with E-state index in [1.165, 1.54) is 12.1 Å². The number of imidazole rings is 1. The number of hydrogen-bond acceptors (Lipinski definition) is 6. The van der Waals surface area contributed by atoms with Crippen LogP contribution in [0.25, 0.3) is 22.7 Å². The number of non-ortho nitro benzene ring substituents is 1. The molecule has 32 heavy (non-hydrogen) atoms. The van der Waals surface area contributed by atoms with Crippen LogP contribution >= 0.6 is 0 Å². The molecular weight excluding hydrogens is 408 g/mol. The molecule has 0 saturated heterocycles. The van der Waals surface area contributed by atoms with Crippen LogP contribution in [-0.4, -0.2) is 22.0 Å². The number of allylic oxidation sites excluding steroid dienone is 1. The maximum absolute atomic E-state index is 10.8. The molecule has 0 spiro atoms. The van der Waals surface area contributed by atoms with Gasteiger partial charge in [-0.2, -0.15) is 5.26 Å². The molecule has 0 unspecified atom stereocenters. The van der Waals surface area contributed by atoms with Crippen molar-refractivity contribution in [2.24, 2.45) is 0 Å². The number of para-hydroxylation sites is 1. The van der Waals surface area contributed by atoms with E-state index in [1.807, 2.05) is 36.4 Å². The number of aromatic amines is 1. The van der Waals surface area contributed by atoms with E-state index < -0.39 is 4.92 Å². The number of aromatic nitrogens is 2. The third-order valence-corrected chi connectivity index (χ3v) is 4.82. The summed E-state index contributed by atoms with van der Waals surface area (Å²) in [5, 5.41) is 20.5. The number of nitrogens with zero attached hydrogens (tertiary/aromatic N) is 3. The third kappa shape index (κ3) is 4.42. The molecule has 0 saturated carbocycles.